The lowest BCUT2D eigenvalue weighted by Crippen LogP contribution is -2.45. The Hall–Kier alpha value is -3.36. The Bertz CT molecular complexity index is 1070. The Morgan fingerprint density at radius 1 is 1.06 bits per heavy atom. The van der Waals surface area contributed by atoms with E-state index in [1.54, 1.807) is 30.6 Å². The van der Waals surface area contributed by atoms with Crippen molar-refractivity contribution in [2.45, 2.75) is 13.0 Å². The first-order valence-corrected chi connectivity index (χ1v) is 11.7. The van der Waals surface area contributed by atoms with Crippen molar-refractivity contribution in [3.8, 4) is 22.8 Å². The summed E-state index contributed by atoms with van der Waals surface area (Å²) in [5.41, 5.74) is 3.83. The second-order valence-corrected chi connectivity index (χ2v) is 8.74. The number of rotatable bonds is 9. The lowest BCUT2D eigenvalue weighted by molar-refractivity contribution is 0.158. The van der Waals surface area contributed by atoms with E-state index in [0.29, 0.717) is 17.3 Å². The van der Waals surface area contributed by atoms with Crippen LogP contribution in [-0.2, 0) is 0 Å². The molecule has 0 bridgehead atoms. The number of benzene rings is 2. The molecule has 2 aromatic carbocycles. The average molecular weight is 463 g/mol. The number of hydrogen-bond donors (Lipinski definition) is 3. The summed E-state index contributed by atoms with van der Waals surface area (Å²) in [4.78, 5) is 13.9. The van der Waals surface area contributed by atoms with Crippen LogP contribution < -0.4 is 15.4 Å². The number of hydrogen-bond acceptors (Lipinski definition) is 8. The number of aromatic nitrogens is 2. The Morgan fingerprint density at radius 3 is 2.56 bits per heavy atom. The van der Waals surface area contributed by atoms with Crippen LogP contribution in [0.3, 0.4) is 0 Å². The summed E-state index contributed by atoms with van der Waals surface area (Å²) in [5.74, 6) is 1.19. The van der Waals surface area contributed by atoms with Crippen LogP contribution in [0.15, 0.2) is 54.9 Å². The van der Waals surface area contributed by atoms with Crippen molar-refractivity contribution in [3.63, 3.8) is 0 Å². The van der Waals surface area contributed by atoms with E-state index in [-0.39, 0.29) is 11.8 Å². The van der Waals surface area contributed by atoms with Crippen molar-refractivity contribution in [2.75, 3.05) is 64.1 Å². The van der Waals surface area contributed by atoms with E-state index in [0.717, 1.165) is 50.5 Å². The minimum Gasteiger partial charge on any atom is -0.504 e. The largest absolute Gasteiger partial charge is 0.504 e. The Morgan fingerprint density at radius 2 is 1.82 bits per heavy atom. The third kappa shape index (κ3) is 6.15. The molecule has 8 heteroatoms. The molecular weight excluding hydrogens is 428 g/mol. The topological polar surface area (TPSA) is 85.8 Å². The van der Waals surface area contributed by atoms with Crippen molar-refractivity contribution in [1.82, 2.24) is 19.8 Å². The van der Waals surface area contributed by atoms with Crippen LogP contribution in [0, 0.1) is 0 Å². The Kier molecular flexibility index (Phi) is 7.82. The van der Waals surface area contributed by atoms with E-state index in [1.807, 2.05) is 0 Å². The quantitative estimate of drug-likeness (QED) is 0.444. The number of phenols is 1. The molecule has 0 aliphatic carbocycles. The van der Waals surface area contributed by atoms with Crippen molar-refractivity contribution < 1.29 is 9.84 Å². The van der Waals surface area contributed by atoms with Crippen LogP contribution in [-0.4, -0.2) is 78.3 Å². The first kappa shape index (κ1) is 23.8. The molecule has 8 nitrogen and oxygen atoms in total. The van der Waals surface area contributed by atoms with Crippen LogP contribution in [0.2, 0.25) is 0 Å². The van der Waals surface area contributed by atoms with Crippen LogP contribution in [0.4, 0.5) is 11.5 Å². The standard InChI is InChI=1S/C26H34N6O2/c1-19(20-4-7-22(8-5-20)28-10-11-32-14-12-31(2)13-15-32)29-26-18-27-17-23(30-26)21-6-9-24(33)25(16-21)34-3/h4-9,16-19,28,33H,10-15H2,1-3H3,(H,29,30)/t19-/m1/s1. The van der Waals surface area contributed by atoms with E-state index >= 15 is 0 Å². The van der Waals surface area contributed by atoms with Crippen LogP contribution in [0.25, 0.3) is 11.3 Å². The van der Waals surface area contributed by atoms with E-state index in [4.69, 9.17) is 4.74 Å². The van der Waals surface area contributed by atoms with Gasteiger partial charge in [0, 0.05) is 56.6 Å². The normalized spacial score (nSPS) is 15.6. The summed E-state index contributed by atoms with van der Waals surface area (Å²) in [6, 6.07) is 13.7. The molecule has 3 N–H and O–H groups in total. The van der Waals surface area contributed by atoms with Gasteiger partial charge in [-0.25, -0.2) is 4.98 Å². The summed E-state index contributed by atoms with van der Waals surface area (Å²) in [7, 11) is 3.71. The molecule has 0 radical (unpaired) electrons. The van der Waals surface area contributed by atoms with Gasteiger partial charge in [0.05, 0.1) is 25.2 Å². The number of anilines is 2. The maximum Gasteiger partial charge on any atom is 0.161 e. The minimum atomic E-state index is 0.0679. The van der Waals surface area contributed by atoms with Gasteiger partial charge in [0.25, 0.3) is 0 Å². The maximum absolute atomic E-state index is 9.84. The van der Waals surface area contributed by atoms with E-state index in [9.17, 15) is 5.11 Å². The zero-order valence-corrected chi connectivity index (χ0v) is 20.2. The number of likely N-dealkylation sites (N-methyl/N-ethyl adjacent to an activating group) is 1. The van der Waals surface area contributed by atoms with Crippen molar-refractivity contribution >= 4 is 11.5 Å². The number of nitrogens with zero attached hydrogens (tertiary/aromatic N) is 4. The van der Waals surface area contributed by atoms with Gasteiger partial charge in [-0.15, -0.1) is 0 Å². The van der Waals surface area contributed by atoms with Gasteiger partial charge in [-0.3, -0.25) is 9.88 Å². The number of methoxy groups -OCH3 is 1. The molecule has 1 atom stereocenters. The lowest BCUT2D eigenvalue weighted by atomic mass is 10.1. The molecule has 34 heavy (non-hydrogen) atoms. The lowest BCUT2D eigenvalue weighted by Gasteiger charge is -2.32. The fourth-order valence-electron chi connectivity index (χ4n) is 4.04. The molecule has 1 aliphatic rings. The number of phenolic OH excluding ortho intramolecular Hbond substituents is 1. The second kappa shape index (κ2) is 11.2. The molecule has 1 aliphatic heterocycles. The fourth-order valence-corrected chi connectivity index (χ4v) is 4.04. The average Bonchev–Trinajstić information content (AvgIpc) is 2.86. The summed E-state index contributed by atoms with van der Waals surface area (Å²) in [6.07, 6.45) is 3.41. The van der Waals surface area contributed by atoms with Gasteiger partial charge >= 0.3 is 0 Å². The molecule has 4 rings (SSSR count). The van der Waals surface area contributed by atoms with Gasteiger partial charge in [-0.2, -0.15) is 0 Å². The minimum absolute atomic E-state index is 0.0679. The highest BCUT2D eigenvalue weighted by atomic mass is 16.5. The number of nitrogens with one attached hydrogen (secondary N) is 2. The van der Waals surface area contributed by atoms with Gasteiger partial charge in [0.1, 0.15) is 5.82 Å². The first-order valence-electron chi connectivity index (χ1n) is 11.7. The van der Waals surface area contributed by atoms with Gasteiger partial charge in [0.15, 0.2) is 11.5 Å². The second-order valence-electron chi connectivity index (χ2n) is 8.74. The highest BCUT2D eigenvalue weighted by Crippen LogP contribution is 2.31. The zero-order valence-electron chi connectivity index (χ0n) is 20.2. The zero-order chi connectivity index (χ0) is 23.9. The molecule has 1 aromatic heterocycles. The molecule has 1 saturated heterocycles. The predicted molar refractivity (Wildman–Crippen MR) is 137 cm³/mol. The van der Waals surface area contributed by atoms with E-state index in [1.165, 1.54) is 12.7 Å². The van der Waals surface area contributed by atoms with Gasteiger partial charge in [0.2, 0.25) is 0 Å². The van der Waals surface area contributed by atoms with Crippen molar-refractivity contribution in [3.05, 3.63) is 60.4 Å². The summed E-state index contributed by atoms with van der Waals surface area (Å²) in [5, 5.41) is 16.8. The van der Waals surface area contributed by atoms with E-state index in [2.05, 4.69) is 68.6 Å². The van der Waals surface area contributed by atoms with Crippen molar-refractivity contribution in [2.24, 2.45) is 0 Å². The van der Waals surface area contributed by atoms with Crippen LogP contribution >= 0.6 is 0 Å². The van der Waals surface area contributed by atoms with E-state index < -0.39 is 0 Å². The molecule has 3 aromatic rings. The van der Waals surface area contributed by atoms with Gasteiger partial charge in [-0.1, -0.05) is 12.1 Å². The summed E-state index contributed by atoms with van der Waals surface area (Å²) >= 11 is 0. The molecule has 1 fully saturated rings. The molecule has 0 spiro atoms. The number of aromatic hydroxyl groups is 1. The summed E-state index contributed by atoms with van der Waals surface area (Å²) < 4.78 is 5.21. The highest BCUT2D eigenvalue weighted by Gasteiger charge is 2.13. The monoisotopic (exact) mass is 462 g/mol. The molecule has 0 saturated carbocycles. The highest BCUT2D eigenvalue weighted by molar-refractivity contribution is 5.64. The van der Waals surface area contributed by atoms with Crippen molar-refractivity contribution in [1.29, 1.82) is 0 Å². The van der Waals surface area contributed by atoms with Crippen LogP contribution in [0.5, 0.6) is 11.5 Å². The third-order valence-corrected chi connectivity index (χ3v) is 6.24. The number of ether oxygens (including phenoxy) is 1. The third-order valence-electron chi connectivity index (χ3n) is 6.24. The Labute approximate surface area is 201 Å². The molecule has 0 amide bonds. The molecular formula is C26H34N6O2. The van der Waals surface area contributed by atoms with Gasteiger partial charge < -0.3 is 25.4 Å². The molecule has 0 unspecified atom stereocenters. The molecule has 180 valence electrons. The Balaban J connectivity index is 1.32. The maximum atomic E-state index is 9.84. The predicted octanol–water partition coefficient (Wildman–Crippen LogP) is 3.69. The molecule has 2 heterocycles. The SMILES string of the molecule is COc1cc(-c2cncc(N[C@H](C)c3ccc(NCCN4CCN(C)CC4)cc3)n2)ccc1O. The van der Waals surface area contributed by atoms with Gasteiger partial charge in [-0.05, 0) is 49.9 Å². The van der Waals surface area contributed by atoms with Crippen LogP contribution in [0.1, 0.15) is 18.5 Å². The first-order chi connectivity index (χ1) is 16.5. The number of piperazine rings is 1. The smallest absolute Gasteiger partial charge is 0.161 e. The summed E-state index contributed by atoms with van der Waals surface area (Å²) in [6.45, 7) is 8.70. The fraction of sp³-hybridized carbons (Fsp3) is 0.385.